The van der Waals surface area contributed by atoms with E-state index < -0.39 is 10.4 Å². The lowest BCUT2D eigenvalue weighted by atomic mass is 10.3. The third kappa shape index (κ3) is 11.5. The Balaban J connectivity index is 3.66. The largest absolute Gasteiger partial charge is 0.436 e. The van der Waals surface area contributed by atoms with Crippen molar-refractivity contribution in [2.45, 2.75) is 33.1 Å². The number of unbranched alkanes of at least 4 members (excludes halogenated alkanes) is 2. The van der Waals surface area contributed by atoms with Gasteiger partial charge in [0.05, 0.1) is 13.2 Å². The number of hydrogen-bond donors (Lipinski definition) is 0. The highest BCUT2D eigenvalue weighted by Gasteiger charge is 2.12. The van der Waals surface area contributed by atoms with Crippen LogP contribution in [0.5, 0.6) is 0 Å². The van der Waals surface area contributed by atoms with Gasteiger partial charge in [0.25, 0.3) is 0 Å². The zero-order valence-electron chi connectivity index (χ0n) is 10.1. The molecule has 6 nitrogen and oxygen atoms in total. The van der Waals surface area contributed by atoms with E-state index in [0.717, 1.165) is 12.8 Å². The average molecular weight is 266 g/mol. The molecule has 0 saturated carbocycles. The number of ether oxygens (including phenoxy) is 1. The van der Waals surface area contributed by atoms with E-state index in [1.54, 1.807) is 6.92 Å². The predicted molar refractivity (Wildman–Crippen MR) is 60.8 cm³/mol. The van der Waals surface area contributed by atoms with Gasteiger partial charge in [-0.3, -0.25) is 4.89 Å². The fourth-order valence-electron chi connectivity index (χ4n) is 0.763. The minimum Gasteiger partial charge on any atom is -0.379 e. The van der Waals surface area contributed by atoms with Crippen LogP contribution in [0.1, 0.15) is 33.1 Å². The van der Waals surface area contributed by atoms with Crippen LogP contribution in [0.4, 0.5) is 0 Å². The Kier molecular flexibility index (Phi) is 9.86. The summed E-state index contributed by atoms with van der Waals surface area (Å²) in [5.41, 5.74) is 0. The van der Waals surface area contributed by atoms with Crippen LogP contribution in [-0.4, -0.2) is 28.2 Å². The quantitative estimate of drug-likeness (QED) is 0.272. The van der Waals surface area contributed by atoms with Crippen molar-refractivity contribution in [1.29, 1.82) is 0 Å². The molecule has 17 heavy (non-hydrogen) atoms. The number of rotatable bonds is 9. The Morgan fingerprint density at radius 3 is 2.59 bits per heavy atom. The van der Waals surface area contributed by atoms with Crippen LogP contribution >= 0.6 is 0 Å². The lowest BCUT2D eigenvalue weighted by molar-refractivity contribution is -0.139. The van der Waals surface area contributed by atoms with Crippen LogP contribution in [0, 0.1) is 12.0 Å². The fourth-order valence-corrected chi connectivity index (χ4v) is 1.19. The molecule has 0 N–H and O–H groups in total. The molecule has 0 bridgehead atoms. The predicted octanol–water partition coefficient (Wildman–Crippen LogP) is 1.38. The minimum atomic E-state index is -4.16. The van der Waals surface area contributed by atoms with Gasteiger partial charge in [0.2, 0.25) is 0 Å². The summed E-state index contributed by atoms with van der Waals surface area (Å²) in [7, 11) is -4.16. The molecule has 0 rings (SSSR count). The highest BCUT2D eigenvalue weighted by atomic mass is 32.3. The summed E-state index contributed by atoms with van der Waals surface area (Å²) in [6, 6.07) is 0. The van der Waals surface area contributed by atoms with Crippen LogP contribution in [0.3, 0.4) is 0 Å². The monoisotopic (exact) mass is 266 g/mol. The summed E-state index contributed by atoms with van der Waals surface area (Å²) in [4.78, 5) is 4.19. The van der Waals surface area contributed by atoms with Gasteiger partial charge < -0.3 is 4.74 Å². The molecular weight excluding hydrogens is 248 g/mol. The van der Waals surface area contributed by atoms with E-state index in [-0.39, 0.29) is 13.2 Å². The van der Waals surface area contributed by atoms with E-state index in [1.165, 1.54) is 0 Å². The molecule has 0 aromatic carbocycles. The number of hydrogen-bond acceptors (Lipinski definition) is 6. The standard InChI is InChI=1S/C10H18O6S/c1-3-5-6-7-8-14-16-17(11,12)15-10-9-13-4-2/h3-6,9-10H2,1-2H3. The van der Waals surface area contributed by atoms with Gasteiger partial charge in [-0.2, -0.15) is 8.42 Å². The molecule has 0 radical (unpaired) electrons. The first-order valence-corrected chi connectivity index (χ1v) is 6.75. The Morgan fingerprint density at radius 2 is 1.94 bits per heavy atom. The normalized spacial score (nSPS) is 10.7. The fraction of sp³-hybridized carbons (Fsp3) is 0.800. The highest BCUT2D eigenvalue weighted by Crippen LogP contribution is 1.97. The molecular formula is C10H18O6S. The van der Waals surface area contributed by atoms with Crippen molar-refractivity contribution >= 4 is 10.4 Å². The summed E-state index contributed by atoms with van der Waals surface area (Å²) in [6.45, 7) is 4.35. The molecule has 0 heterocycles. The van der Waals surface area contributed by atoms with Gasteiger partial charge in [0.15, 0.2) is 6.11 Å². The summed E-state index contributed by atoms with van der Waals surface area (Å²) >= 11 is 0. The van der Waals surface area contributed by atoms with Crippen LogP contribution in [0.15, 0.2) is 0 Å². The second-order valence-corrected chi connectivity index (χ2v) is 4.15. The van der Waals surface area contributed by atoms with E-state index in [1.807, 2.05) is 6.92 Å². The van der Waals surface area contributed by atoms with Crippen molar-refractivity contribution < 1.29 is 26.6 Å². The Labute approximate surface area is 102 Å². The van der Waals surface area contributed by atoms with Crippen molar-refractivity contribution in [2.75, 3.05) is 19.8 Å². The molecule has 0 aliphatic heterocycles. The van der Waals surface area contributed by atoms with E-state index in [0.29, 0.717) is 13.0 Å². The first kappa shape index (κ1) is 16.2. The second-order valence-electron chi connectivity index (χ2n) is 2.96. The van der Waals surface area contributed by atoms with Crippen molar-refractivity contribution in [3.8, 4) is 12.0 Å². The molecule has 0 spiro atoms. The van der Waals surface area contributed by atoms with Gasteiger partial charge in [-0.25, -0.2) is 4.18 Å². The minimum absolute atomic E-state index is 0.122. The Morgan fingerprint density at radius 1 is 1.18 bits per heavy atom. The molecule has 0 atom stereocenters. The van der Waals surface area contributed by atoms with Gasteiger partial charge in [-0.05, 0) is 17.7 Å². The maximum atomic E-state index is 11.0. The maximum absolute atomic E-state index is 11.0. The van der Waals surface area contributed by atoms with Gasteiger partial charge in [-0.15, -0.1) is 0 Å². The first-order chi connectivity index (χ1) is 8.12. The third-order valence-corrected chi connectivity index (χ3v) is 2.24. The lowest BCUT2D eigenvalue weighted by Gasteiger charge is -2.02. The first-order valence-electron chi connectivity index (χ1n) is 5.42. The smallest absolute Gasteiger partial charge is 0.379 e. The Bertz CT molecular complexity index is 326. The van der Waals surface area contributed by atoms with Gasteiger partial charge in [0.1, 0.15) is 0 Å². The van der Waals surface area contributed by atoms with Crippen molar-refractivity contribution in [2.24, 2.45) is 0 Å². The van der Waals surface area contributed by atoms with Gasteiger partial charge in [-0.1, -0.05) is 19.3 Å². The van der Waals surface area contributed by atoms with Crippen LogP contribution in [-0.2, 0) is 28.5 Å². The van der Waals surface area contributed by atoms with Crippen molar-refractivity contribution in [1.82, 2.24) is 0 Å². The second kappa shape index (κ2) is 10.4. The molecule has 0 amide bonds. The summed E-state index contributed by atoms with van der Waals surface area (Å²) in [6.07, 6.45) is 4.68. The van der Waals surface area contributed by atoms with Crippen LogP contribution < -0.4 is 0 Å². The Hall–Kier alpha value is -0.810. The maximum Gasteiger partial charge on any atom is 0.436 e. The molecule has 100 valence electrons. The van der Waals surface area contributed by atoms with E-state index in [4.69, 9.17) is 4.74 Å². The molecule has 0 unspecified atom stereocenters. The van der Waals surface area contributed by atoms with Crippen molar-refractivity contribution in [3.63, 3.8) is 0 Å². The average Bonchev–Trinajstić information content (AvgIpc) is 2.29. The van der Waals surface area contributed by atoms with Crippen LogP contribution in [0.25, 0.3) is 0 Å². The molecule has 0 aliphatic carbocycles. The molecule has 0 aromatic rings. The molecule has 0 saturated heterocycles. The lowest BCUT2D eigenvalue weighted by Crippen LogP contribution is -2.13. The third-order valence-electron chi connectivity index (χ3n) is 1.55. The summed E-state index contributed by atoms with van der Waals surface area (Å²) < 4.78 is 35.3. The molecule has 0 aliphatic rings. The van der Waals surface area contributed by atoms with Gasteiger partial charge >= 0.3 is 10.4 Å². The molecule has 0 fully saturated rings. The van der Waals surface area contributed by atoms with E-state index in [9.17, 15) is 8.42 Å². The zero-order valence-corrected chi connectivity index (χ0v) is 10.9. The summed E-state index contributed by atoms with van der Waals surface area (Å²) in [5.74, 6) is 2.59. The SMILES string of the molecule is CCCCC#COOS(=O)(=O)OCCOCC. The summed E-state index contributed by atoms with van der Waals surface area (Å²) in [5, 5.41) is 0. The molecule has 0 aromatic heterocycles. The zero-order chi connectivity index (χ0) is 13.0. The van der Waals surface area contributed by atoms with E-state index >= 15 is 0 Å². The topological polar surface area (TPSA) is 71.1 Å². The van der Waals surface area contributed by atoms with Crippen molar-refractivity contribution in [3.05, 3.63) is 0 Å². The van der Waals surface area contributed by atoms with E-state index in [2.05, 4.69) is 25.4 Å². The van der Waals surface area contributed by atoms with Gasteiger partial charge in [0, 0.05) is 13.0 Å². The highest BCUT2D eigenvalue weighted by molar-refractivity contribution is 7.81. The van der Waals surface area contributed by atoms with Crippen LogP contribution in [0.2, 0.25) is 0 Å². The molecule has 7 heteroatoms.